The van der Waals surface area contributed by atoms with Gasteiger partial charge in [-0.2, -0.15) is 0 Å². The quantitative estimate of drug-likeness (QED) is 0.528. The average molecular weight is 140 g/mol. The van der Waals surface area contributed by atoms with Crippen LogP contribution < -0.4 is 5.73 Å². The molecule has 2 saturated heterocycles. The van der Waals surface area contributed by atoms with Gasteiger partial charge in [0.05, 0.1) is 0 Å². The molecule has 58 valence electrons. The fraction of sp³-hybridized carbons (Fsp3) is 1.00. The molecule has 0 saturated carbocycles. The number of fused-ring (bicyclic) bond motifs is 2. The van der Waals surface area contributed by atoms with E-state index in [4.69, 9.17) is 5.73 Å². The van der Waals surface area contributed by atoms with Crippen LogP contribution in [-0.4, -0.2) is 29.6 Å². The van der Waals surface area contributed by atoms with Crippen molar-refractivity contribution in [2.75, 3.05) is 13.1 Å². The summed E-state index contributed by atoms with van der Waals surface area (Å²) in [5.41, 5.74) is 6.34. The van der Waals surface area contributed by atoms with Crippen LogP contribution in [0, 0.1) is 5.92 Å². The van der Waals surface area contributed by atoms with Gasteiger partial charge in [0.15, 0.2) is 0 Å². The maximum Gasteiger partial charge on any atom is 0.0307 e. The molecule has 2 rings (SSSR count). The number of rotatable bonds is 0. The van der Waals surface area contributed by atoms with Gasteiger partial charge in [0.1, 0.15) is 0 Å². The van der Waals surface area contributed by atoms with E-state index in [-0.39, 0.29) is 5.54 Å². The summed E-state index contributed by atoms with van der Waals surface area (Å²) in [6, 6.07) is 0.418. The van der Waals surface area contributed by atoms with E-state index in [1.807, 2.05) is 0 Å². The van der Waals surface area contributed by atoms with Crippen LogP contribution in [0.15, 0.2) is 0 Å². The standard InChI is InChI=1S/C8H16N2/c1-8(2)7(9)6-3-4-10(8)5-6/h6-7H,3-5,9H2,1-2H3. The van der Waals surface area contributed by atoms with Gasteiger partial charge in [-0.05, 0) is 32.7 Å². The zero-order chi connectivity index (χ0) is 7.35. The molecular formula is C8H16N2. The molecule has 2 heterocycles. The molecule has 2 fully saturated rings. The fourth-order valence-electron chi connectivity index (χ4n) is 2.39. The Bertz CT molecular complexity index is 149. The van der Waals surface area contributed by atoms with E-state index in [1.165, 1.54) is 19.5 Å². The summed E-state index contributed by atoms with van der Waals surface area (Å²) in [5.74, 6) is 0.787. The van der Waals surface area contributed by atoms with Crippen LogP contribution in [0.2, 0.25) is 0 Å². The summed E-state index contributed by atoms with van der Waals surface area (Å²) in [4.78, 5) is 2.52. The third kappa shape index (κ3) is 0.611. The van der Waals surface area contributed by atoms with E-state index in [1.54, 1.807) is 0 Å². The first-order valence-corrected chi connectivity index (χ1v) is 4.13. The van der Waals surface area contributed by atoms with E-state index in [2.05, 4.69) is 18.7 Å². The Morgan fingerprint density at radius 2 is 2.20 bits per heavy atom. The van der Waals surface area contributed by atoms with E-state index in [9.17, 15) is 0 Å². The number of piperidine rings is 1. The Kier molecular flexibility index (Phi) is 1.15. The van der Waals surface area contributed by atoms with E-state index >= 15 is 0 Å². The molecule has 10 heavy (non-hydrogen) atoms. The monoisotopic (exact) mass is 140 g/mol. The van der Waals surface area contributed by atoms with Crippen molar-refractivity contribution in [2.24, 2.45) is 11.7 Å². The van der Waals surface area contributed by atoms with Crippen LogP contribution in [-0.2, 0) is 0 Å². The van der Waals surface area contributed by atoms with E-state index < -0.39 is 0 Å². The second-order valence-corrected chi connectivity index (χ2v) is 4.17. The van der Waals surface area contributed by atoms with E-state index in [0.717, 1.165) is 5.92 Å². The van der Waals surface area contributed by atoms with Crippen LogP contribution in [0.1, 0.15) is 20.3 Å². The third-order valence-corrected chi connectivity index (χ3v) is 3.36. The third-order valence-electron chi connectivity index (χ3n) is 3.36. The SMILES string of the molecule is CC1(C)C(N)C2CCN1C2. The van der Waals surface area contributed by atoms with Crippen LogP contribution in [0.5, 0.6) is 0 Å². The van der Waals surface area contributed by atoms with Crippen LogP contribution in [0.4, 0.5) is 0 Å². The molecule has 0 spiro atoms. The molecule has 0 aromatic heterocycles. The first-order valence-electron chi connectivity index (χ1n) is 4.13. The minimum atomic E-state index is 0.281. The summed E-state index contributed by atoms with van der Waals surface area (Å²) in [6.07, 6.45) is 1.32. The van der Waals surface area contributed by atoms with Crippen molar-refractivity contribution in [3.05, 3.63) is 0 Å². The van der Waals surface area contributed by atoms with Gasteiger partial charge in [0, 0.05) is 18.1 Å². The number of nitrogens with two attached hydrogens (primary N) is 1. The molecule has 2 nitrogen and oxygen atoms in total. The lowest BCUT2D eigenvalue weighted by Gasteiger charge is -2.37. The molecule has 2 bridgehead atoms. The lowest BCUT2D eigenvalue weighted by molar-refractivity contribution is 0.152. The predicted molar refractivity (Wildman–Crippen MR) is 41.7 cm³/mol. The van der Waals surface area contributed by atoms with Crippen molar-refractivity contribution < 1.29 is 0 Å². The highest BCUT2D eigenvalue weighted by molar-refractivity contribution is 5.07. The van der Waals surface area contributed by atoms with Gasteiger partial charge in [-0.1, -0.05) is 0 Å². The van der Waals surface area contributed by atoms with Gasteiger partial charge in [-0.3, -0.25) is 4.90 Å². The highest BCUT2D eigenvalue weighted by Crippen LogP contribution is 2.38. The Hall–Kier alpha value is -0.0800. The second kappa shape index (κ2) is 1.74. The normalized spacial score (nSPS) is 50.1. The summed E-state index contributed by atoms with van der Waals surface area (Å²) in [5, 5.41) is 0. The Labute approximate surface area is 62.4 Å². The van der Waals surface area contributed by atoms with Crippen LogP contribution >= 0.6 is 0 Å². The first kappa shape index (κ1) is 6.62. The van der Waals surface area contributed by atoms with Crippen LogP contribution in [0.3, 0.4) is 0 Å². The first-order chi connectivity index (χ1) is 4.62. The molecule has 0 aromatic carbocycles. The molecule has 0 aliphatic carbocycles. The molecule has 0 radical (unpaired) electrons. The largest absolute Gasteiger partial charge is 0.326 e. The van der Waals surface area contributed by atoms with Gasteiger partial charge in [-0.25, -0.2) is 0 Å². The molecule has 2 aliphatic heterocycles. The topological polar surface area (TPSA) is 29.3 Å². The molecule has 2 N–H and O–H groups in total. The predicted octanol–water partition coefficient (Wildman–Crippen LogP) is 0.428. The molecule has 2 heteroatoms. The smallest absolute Gasteiger partial charge is 0.0307 e. The minimum absolute atomic E-state index is 0.281. The Balaban J connectivity index is 2.25. The minimum Gasteiger partial charge on any atom is -0.326 e. The fourth-order valence-corrected chi connectivity index (χ4v) is 2.39. The van der Waals surface area contributed by atoms with Crippen molar-refractivity contribution in [2.45, 2.75) is 31.8 Å². The lowest BCUT2D eigenvalue weighted by atomic mass is 9.86. The van der Waals surface area contributed by atoms with Crippen molar-refractivity contribution in [1.29, 1.82) is 0 Å². The summed E-state index contributed by atoms with van der Waals surface area (Å²) in [7, 11) is 0. The maximum atomic E-state index is 6.06. The zero-order valence-corrected chi connectivity index (χ0v) is 6.80. The van der Waals surface area contributed by atoms with E-state index in [0.29, 0.717) is 6.04 Å². The molecular weight excluding hydrogens is 124 g/mol. The lowest BCUT2D eigenvalue weighted by Crippen LogP contribution is -2.52. The van der Waals surface area contributed by atoms with Gasteiger partial charge < -0.3 is 5.73 Å². The van der Waals surface area contributed by atoms with Crippen molar-refractivity contribution in [1.82, 2.24) is 4.90 Å². The highest BCUT2D eigenvalue weighted by Gasteiger charge is 2.49. The van der Waals surface area contributed by atoms with Crippen molar-refractivity contribution in [3.63, 3.8) is 0 Å². The van der Waals surface area contributed by atoms with Gasteiger partial charge in [-0.15, -0.1) is 0 Å². The summed E-state index contributed by atoms with van der Waals surface area (Å²) in [6.45, 7) is 7.03. The van der Waals surface area contributed by atoms with Gasteiger partial charge in [0.25, 0.3) is 0 Å². The number of nitrogens with zero attached hydrogens (tertiary/aromatic N) is 1. The zero-order valence-electron chi connectivity index (χ0n) is 6.80. The molecule has 0 aromatic rings. The molecule has 3 atom stereocenters. The van der Waals surface area contributed by atoms with Crippen molar-refractivity contribution >= 4 is 0 Å². The Morgan fingerprint density at radius 1 is 1.50 bits per heavy atom. The maximum absolute atomic E-state index is 6.06. The summed E-state index contributed by atoms with van der Waals surface area (Å²) < 4.78 is 0. The average Bonchev–Trinajstić information content (AvgIpc) is 2.37. The summed E-state index contributed by atoms with van der Waals surface area (Å²) >= 11 is 0. The highest BCUT2D eigenvalue weighted by atomic mass is 15.3. The Morgan fingerprint density at radius 3 is 2.50 bits per heavy atom. The number of hydrogen-bond acceptors (Lipinski definition) is 2. The molecule has 2 aliphatic rings. The van der Waals surface area contributed by atoms with Crippen molar-refractivity contribution in [3.8, 4) is 0 Å². The second-order valence-electron chi connectivity index (χ2n) is 4.17. The molecule has 0 amide bonds. The van der Waals surface area contributed by atoms with Gasteiger partial charge in [0.2, 0.25) is 0 Å². The molecule has 3 unspecified atom stereocenters. The van der Waals surface area contributed by atoms with Gasteiger partial charge >= 0.3 is 0 Å². The number of hydrogen-bond donors (Lipinski definition) is 1. The van der Waals surface area contributed by atoms with Crippen LogP contribution in [0.25, 0.3) is 0 Å².